The minimum Gasteiger partial charge on any atom is -0.456 e. The van der Waals surface area contributed by atoms with Crippen LogP contribution in [0.2, 0.25) is 0 Å². The molecule has 5 nitrogen and oxygen atoms in total. The zero-order valence-electron chi connectivity index (χ0n) is 29.1. The highest BCUT2D eigenvalue weighted by Crippen LogP contribution is 2.61. The number of rotatable bonds is 12. The van der Waals surface area contributed by atoms with Gasteiger partial charge >= 0.3 is 0 Å². The van der Waals surface area contributed by atoms with Crippen LogP contribution in [0.5, 0.6) is 0 Å². The van der Waals surface area contributed by atoms with Crippen LogP contribution in [0.25, 0.3) is 33.4 Å². The minimum atomic E-state index is 0.00544. The molecule has 5 heteroatoms. The topological polar surface area (TPSA) is 48.5 Å². The summed E-state index contributed by atoms with van der Waals surface area (Å²) in [6, 6.07) is 21.1. The van der Waals surface area contributed by atoms with Gasteiger partial charge in [-0.2, -0.15) is 0 Å². The van der Waals surface area contributed by atoms with Crippen LogP contribution < -0.4 is 20.1 Å². The lowest BCUT2D eigenvalue weighted by molar-refractivity contribution is -0.0583. The van der Waals surface area contributed by atoms with Crippen molar-refractivity contribution in [1.29, 1.82) is 0 Å². The molecule has 0 spiro atoms. The number of hydrogen-bond donors (Lipinski definition) is 1. The molecule has 1 aliphatic heterocycles. The van der Waals surface area contributed by atoms with E-state index in [0.29, 0.717) is 5.41 Å². The van der Waals surface area contributed by atoms with Gasteiger partial charge in [0, 0.05) is 59.5 Å². The number of benzene rings is 3. The standard InChI is InChI=1S/C42H53N3O2/c1-5-44(4)32-15-17-36-38(24-32)47-39-25-33(45(6-2)7-3)16-18-37(39)40(36)34-13-9-10-14-35(34)41(46)43-20-12-8-11-19-42-26-29-21-30(27-42)23-31(22-29)28-42/h9-10,13-18,24-25,29-31H,5-8,11-12,19-23,26-28H2,1-4H3/p+1. The summed E-state index contributed by atoms with van der Waals surface area (Å²) in [4.78, 5) is 16.2. The van der Waals surface area contributed by atoms with Crippen molar-refractivity contribution in [2.75, 3.05) is 38.1 Å². The maximum absolute atomic E-state index is 13.8. The number of fused-ring (bicyclic) bond motifs is 2. The van der Waals surface area contributed by atoms with Crippen molar-refractivity contribution in [3.05, 3.63) is 71.6 Å². The molecule has 1 N–H and O–H groups in total. The lowest BCUT2D eigenvalue weighted by atomic mass is 9.48. The summed E-state index contributed by atoms with van der Waals surface area (Å²) in [7, 11) is 2.10. The van der Waals surface area contributed by atoms with Gasteiger partial charge in [-0.25, -0.2) is 4.58 Å². The highest BCUT2D eigenvalue weighted by atomic mass is 16.3. The summed E-state index contributed by atoms with van der Waals surface area (Å²) in [5, 5.41) is 5.43. The Labute approximate surface area is 281 Å². The third-order valence-electron chi connectivity index (χ3n) is 12.0. The zero-order valence-corrected chi connectivity index (χ0v) is 29.1. The van der Waals surface area contributed by atoms with Crippen LogP contribution >= 0.6 is 0 Å². The van der Waals surface area contributed by atoms with E-state index < -0.39 is 0 Å². The summed E-state index contributed by atoms with van der Waals surface area (Å²) >= 11 is 0. The van der Waals surface area contributed by atoms with E-state index in [1.54, 1.807) is 0 Å². The molecule has 0 radical (unpaired) electrons. The van der Waals surface area contributed by atoms with E-state index in [1.807, 2.05) is 18.2 Å². The molecule has 0 saturated heterocycles. The molecule has 0 unspecified atom stereocenters. The third-order valence-corrected chi connectivity index (χ3v) is 12.0. The number of carbonyl (C=O) groups excluding carboxylic acids is 1. The molecule has 248 valence electrons. The lowest BCUT2D eigenvalue weighted by Gasteiger charge is -2.57. The molecule has 4 bridgehead atoms. The molecule has 8 rings (SSSR count). The monoisotopic (exact) mass is 632 g/mol. The molecule has 0 atom stereocenters. The fourth-order valence-electron chi connectivity index (χ4n) is 9.96. The van der Waals surface area contributed by atoms with E-state index in [2.05, 4.69) is 85.1 Å². The van der Waals surface area contributed by atoms with Crippen molar-refractivity contribution < 1.29 is 9.21 Å². The molecule has 1 heterocycles. The van der Waals surface area contributed by atoms with Gasteiger partial charge in [-0.3, -0.25) is 4.79 Å². The average molecular weight is 633 g/mol. The normalized spacial score (nSPS) is 23.8. The summed E-state index contributed by atoms with van der Waals surface area (Å²) in [6.07, 6.45) is 14.0. The van der Waals surface area contributed by atoms with Gasteiger partial charge in [-0.15, -0.1) is 0 Å². The number of hydrogen-bond acceptors (Lipinski definition) is 3. The van der Waals surface area contributed by atoms with Gasteiger partial charge in [-0.1, -0.05) is 31.0 Å². The molecule has 1 amide bonds. The second-order valence-corrected chi connectivity index (χ2v) is 15.1. The maximum Gasteiger partial charge on any atom is 0.251 e. The van der Waals surface area contributed by atoms with Gasteiger partial charge in [0.2, 0.25) is 5.36 Å². The van der Waals surface area contributed by atoms with Crippen LogP contribution in [-0.4, -0.2) is 39.1 Å². The van der Waals surface area contributed by atoms with Gasteiger partial charge in [0.05, 0.1) is 6.07 Å². The minimum absolute atomic E-state index is 0.00544. The quantitative estimate of drug-likeness (QED) is 0.0964. The van der Waals surface area contributed by atoms with Gasteiger partial charge in [-0.05, 0) is 125 Å². The van der Waals surface area contributed by atoms with E-state index in [1.165, 1.54) is 57.8 Å². The first-order valence-electron chi connectivity index (χ1n) is 18.6. The largest absolute Gasteiger partial charge is 0.456 e. The van der Waals surface area contributed by atoms with E-state index in [9.17, 15) is 4.79 Å². The van der Waals surface area contributed by atoms with Crippen LogP contribution in [0.15, 0.2) is 65.1 Å². The Bertz CT molecular complexity index is 1750. The molecule has 5 aliphatic carbocycles. The third kappa shape index (κ3) is 6.35. The molecular weight excluding hydrogens is 578 g/mol. The maximum atomic E-state index is 13.8. The first-order valence-corrected chi connectivity index (χ1v) is 18.6. The number of amides is 1. The van der Waals surface area contributed by atoms with E-state index in [-0.39, 0.29) is 5.91 Å². The van der Waals surface area contributed by atoms with Crippen molar-refractivity contribution in [2.24, 2.45) is 23.2 Å². The molecular formula is C42H54N3O2+. The van der Waals surface area contributed by atoms with Crippen LogP contribution in [0.4, 0.5) is 5.69 Å². The van der Waals surface area contributed by atoms with Crippen molar-refractivity contribution >= 4 is 22.6 Å². The Morgan fingerprint density at radius 2 is 1.60 bits per heavy atom. The Kier molecular flexibility index (Phi) is 9.18. The number of nitrogens with zero attached hydrogens (tertiary/aromatic N) is 2. The first-order chi connectivity index (χ1) is 22.9. The molecule has 4 fully saturated rings. The number of anilines is 1. The predicted molar refractivity (Wildman–Crippen MR) is 195 cm³/mol. The molecule has 47 heavy (non-hydrogen) atoms. The van der Waals surface area contributed by atoms with Crippen LogP contribution in [0, 0.1) is 23.2 Å². The molecule has 4 saturated carbocycles. The second-order valence-electron chi connectivity index (χ2n) is 15.1. The fourth-order valence-corrected chi connectivity index (χ4v) is 9.96. The summed E-state index contributed by atoms with van der Waals surface area (Å²) in [6.45, 7) is 10.0. The molecule has 0 aromatic heterocycles. The Morgan fingerprint density at radius 3 is 2.30 bits per heavy atom. The van der Waals surface area contributed by atoms with E-state index in [4.69, 9.17) is 4.42 Å². The highest BCUT2D eigenvalue weighted by Gasteiger charge is 2.50. The van der Waals surface area contributed by atoms with Crippen LogP contribution in [0.1, 0.15) is 95.3 Å². The van der Waals surface area contributed by atoms with E-state index in [0.717, 1.165) is 100 Å². The van der Waals surface area contributed by atoms with Gasteiger partial charge in [0.1, 0.15) is 24.9 Å². The summed E-state index contributed by atoms with van der Waals surface area (Å²) in [5.41, 5.74) is 6.38. The van der Waals surface area contributed by atoms with Crippen LogP contribution in [-0.2, 0) is 0 Å². The van der Waals surface area contributed by atoms with Gasteiger partial charge in [0.25, 0.3) is 5.91 Å². The molecule has 2 aromatic carbocycles. The summed E-state index contributed by atoms with van der Waals surface area (Å²) in [5.74, 6) is 3.91. The van der Waals surface area contributed by atoms with E-state index >= 15 is 0 Å². The highest BCUT2D eigenvalue weighted by molar-refractivity contribution is 6.09. The SMILES string of the molecule is CCN(CC)c1ccc2c(-c3ccccc3C(=O)NCCCCCC34CC5CC(CC(C5)C3)C4)c3ccc(=[N+](C)CC)cc-3oc2c1. The number of nitrogens with one attached hydrogen (secondary N) is 1. The average Bonchev–Trinajstić information content (AvgIpc) is 3.08. The zero-order chi connectivity index (χ0) is 32.5. The smallest absolute Gasteiger partial charge is 0.251 e. The van der Waals surface area contributed by atoms with Crippen molar-refractivity contribution in [2.45, 2.75) is 85.0 Å². The Hall–Kier alpha value is -3.60. The van der Waals surface area contributed by atoms with Crippen molar-refractivity contribution in [3.8, 4) is 22.5 Å². The van der Waals surface area contributed by atoms with Crippen molar-refractivity contribution in [3.63, 3.8) is 0 Å². The fraction of sp³-hybridized carbons (Fsp3) is 0.524. The summed E-state index contributed by atoms with van der Waals surface area (Å²) < 4.78 is 8.87. The van der Waals surface area contributed by atoms with Gasteiger partial charge < -0.3 is 14.6 Å². The predicted octanol–water partition coefficient (Wildman–Crippen LogP) is 8.98. The second kappa shape index (κ2) is 13.5. The molecule has 6 aliphatic rings. The Morgan fingerprint density at radius 1 is 0.872 bits per heavy atom. The first kappa shape index (κ1) is 32.0. The number of unbranched alkanes of at least 4 members (excludes halogenated alkanes) is 2. The lowest BCUT2D eigenvalue weighted by Crippen LogP contribution is -2.45. The van der Waals surface area contributed by atoms with Crippen LogP contribution in [0.3, 0.4) is 0 Å². The van der Waals surface area contributed by atoms with Gasteiger partial charge in [0.15, 0.2) is 0 Å². The van der Waals surface area contributed by atoms with Crippen molar-refractivity contribution in [1.82, 2.24) is 9.89 Å². The number of carbonyl (C=O) groups is 1. The Balaban J connectivity index is 1.12. The molecule has 2 aromatic rings.